The predicted molar refractivity (Wildman–Crippen MR) is 68.6 cm³/mol. The first kappa shape index (κ1) is 10.5. The van der Waals surface area contributed by atoms with Gasteiger partial charge in [0.2, 0.25) is 0 Å². The zero-order valence-corrected chi connectivity index (χ0v) is 10.2. The first-order chi connectivity index (χ1) is 8.05. The highest BCUT2D eigenvalue weighted by atomic mass is 16.5. The van der Waals surface area contributed by atoms with E-state index in [4.69, 9.17) is 4.74 Å². The molecule has 17 heavy (non-hydrogen) atoms. The van der Waals surface area contributed by atoms with Crippen molar-refractivity contribution in [3.05, 3.63) is 35.9 Å². The molecule has 0 saturated carbocycles. The molecule has 2 nitrogen and oxygen atoms in total. The van der Waals surface area contributed by atoms with Crippen molar-refractivity contribution in [2.75, 3.05) is 0 Å². The topological polar surface area (TPSA) is 29.5 Å². The summed E-state index contributed by atoms with van der Waals surface area (Å²) in [5, 5.41) is 11.9. The third-order valence-corrected chi connectivity index (χ3v) is 3.44. The SMILES string of the molecule is CC1(C)CCc2c(ccc3ccc(O)cc23)O1. The maximum atomic E-state index is 9.59. The van der Waals surface area contributed by atoms with E-state index in [9.17, 15) is 5.11 Å². The first-order valence-corrected chi connectivity index (χ1v) is 5.99. The minimum atomic E-state index is -0.0858. The maximum absolute atomic E-state index is 9.59. The molecule has 1 heterocycles. The van der Waals surface area contributed by atoms with Crippen LogP contribution in [-0.2, 0) is 6.42 Å². The van der Waals surface area contributed by atoms with Crippen LogP contribution in [0.25, 0.3) is 10.8 Å². The minimum Gasteiger partial charge on any atom is -0.508 e. The van der Waals surface area contributed by atoms with E-state index in [1.165, 1.54) is 5.56 Å². The second-order valence-corrected chi connectivity index (χ2v) is 5.31. The summed E-state index contributed by atoms with van der Waals surface area (Å²) < 4.78 is 5.99. The quantitative estimate of drug-likeness (QED) is 0.745. The summed E-state index contributed by atoms with van der Waals surface area (Å²) >= 11 is 0. The maximum Gasteiger partial charge on any atom is 0.123 e. The van der Waals surface area contributed by atoms with Gasteiger partial charge in [-0.15, -0.1) is 0 Å². The Bertz CT molecular complexity index is 585. The highest BCUT2D eigenvalue weighted by Gasteiger charge is 2.27. The van der Waals surface area contributed by atoms with Crippen molar-refractivity contribution in [2.45, 2.75) is 32.3 Å². The molecule has 2 heteroatoms. The summed E-state index contributed by atoms with van der Waals surface area (Å²) in [6.45, 7) is 4.23. The van der Waals surface area contributed by atoms with Crippen LogP contribution >= 0.6 is 0 Å². The lowest BCUT2D eigenvalue weighted by molar-refractivity contribution is 0.0853. The lowest BCUT2D eigenvalue weighted by atomic mass is 9.91. The fraction of sp³-hybridized carbons (Fsp3) is 0.333. The summed E-state index contributed by atoms with van der Waals surface area (Å²) in [7, 11) is 0. The van der Waals surface area contributed by atoms with Crippen LogP contribution in [-0.4, -0.2) is 10.7 Å². The molecule has 0 spiro atoms. The monoisotopic (exact) mass is 228 g/mol. The highest BCUT2D eigenvalue weighted by molar-refractivity contribution is 5.89. The van der Waals surface area contributed by atoms with E-state index < -0.39 is 0 Å². The van der Waals surface area contributed by atoms with Crippen molar-refractivity contribution in [1.29, 1.82) is 0 Å². The Morgan fingerprint density at radius 2 is 1.94 bits per heavy atom. The van der Waals surface area contributed by atoms with Crippen LogP contribution in [0.5, 0.6) is 11.5 Å². The molecule has 0 atom stereocenters. The molecule has 0 amide bonds. The molecule has 1 N–H and O–H groups in total. The Balaban J connectivity index is 2.23. The zero-order valence-electron chi connectivity index (χ0n) is 10.2. The van der Waals surface area contributed by atoms with Gasteiger partial charge < -0.3 is 9.84 Å². The number of benzene rings is 2. The third kappa shape index (κ3) is 1.74. The smallest absolute Gasteiger partial charge is 0.123 e. The summed E-state index contributed by atoms with van der Waals surface area (Å²) in [6, 6.07) is 9.59. The molecule has 0 aliphatic carbocycles. The van der Waals surface area contributed by atoms with Gasteiger partial charge >= 0.3 is 0 Å². The number of aromatic hydroxyl groups is 1. The van der Waals surface area contributed by atoms with Crippen LogP contribution in [0, 0.1) is 0 Å². The number of aryl methyl sites for hydroxylation is 1. The summed E-state index contributed by atoms with van der Waals surface area (Å²) in [4.78, 5) is 0. The van der Waals surface area contributed by atoms with Gasteiger partial charge in [0.1, 0.15) is 17.1 Å². The third-order valence-electron chi connectivity index (χ3n) is 3.44. The number of ether oxygens (including phenoxy) is 1. The van der Waals surface area contributed by atoms with Crippen molar-refractivity contribution in [1.82, 2.24) is 0 Å². The van der Waals surface area contributed by atoms with E-state index in [2.05, 4.69) is 19.9 Å². The molecule has 0 unspecified atom stereocenters. The number of phenolic OH excluding ortho intramolecular Hbond substituents is 1. The molecule has 0 radical (unpaired) electrons. The van der Waals surface area contributed by atoms with Gasteiger partial charge in [0.05, 0.1) is 0 Å². The lowest BCUT2D eigenvalue weighted by Crippen LogP contribution is -2.32. The van der Waals surface area contributed by atoms with Gasteiger partial charge in [-0.05, 0) is 55.7 Å². The Kier molecular flexibility index (Phi) is 2.09. The molecule has 0 saturated heterocycles. The number of hydrogen-bond acceptors (Lipinski definition) is 2. The lowest BCUT2D eigenvalue weighted by Gasteiger charge is -2.33. The van der Waals surface area contributed by atoms with Gasteiger partial charge in [-0.1, -0.05) is 12.1 Å². The molecule has 3 rings (SSSR count). The highest BCUT2D eigenvalue weighted by Crippen LogP contribution is 2.38. The van der Waals surface area contributed by atoms with Gasteiger partial charge in [0, 0.05) is 5.56 Å². The van der Waals surface area contributed by atoms with Crippen molar-refractivity contribution in [2.24, 2.45) is 0 Å². The molecule has 1 aliphatic rings. The molecular weight excluding hydrogens is 212 g/mol. The van der Waals surface area contributed by atoms with Crippen LogP contribution < -0.4 is 4.74 Å². The van der Waals surface area contributed by atoms with E-state index in [1.54, 1.807) is 6.07 Å². The van der Waals surface area contributed by atoms with Crippen molar-refractivity contribution >= 4 is 10.8 Å². The largest absolute Gasteiger partial charge is 0.508 e. The fourth-order valence-electron chi connectivity index (χ4n) is 2.48. The number of phenols is 1. The van der Waals surface area contributed by atoms with Crippen molar-refractivity contribution < 1.29 is 9.84 Å². The fourth-order valence-corrected chi connectivity index (χ4v) is 2.48. The second-order valence-electron chi connectivity index (χ2n) is 5.31. The Morgan fingerprint density at radius 3 is 2.76 bits per heavy atom. The normalized spacial score (nSPS) is 17.5. The van der Waals surface area contributed by atoms with E-state index in [1.807, 2.05) is 18.2 Å². The molecule has 88 valence electrons. The van der Waals surface area contributed by atoms with Crippen molar-refractivity contribution in [3.63, 3.8) is 0 Å². The Morgan fingerprint density at radius 1 is 1.18 bits per heavy atom. The van der Waals surface area contributed by atoms with Gasteiger partial charge in [0.15, 0.2) is 0 Å². The molecule has 0 fully saturated rings. The van der Waals surface area contributed by atoms with Crippen molar-refractivity contribution in [3.8, 4) is 11.5 Å². The number of rotatable bonds is 0. The Hall–Kier alpha value is -1.70. The minimum absolute atomic E-state index is 0.0858. The molecule has 0 aromatic heterocycles. The van der Waals surface area contributed by atoms with E-state index in [0.29, 0.717) is 5.75 Å². The molecule has 0 bridgehead atoms. The van der Waals surface area contributed by atoms with Crippen LogP contribution in [0.15, 0.2) is 30.3 Å². The summed E-state index contributed by atoms with van der Waals surface area (Å²) in [5.41, 5.74) is 1.13. The predicted octanol–water partition coefficient (Wildman–Crippen LogP) is 3.65. The van der Waals surface area contributed by atoms with Gasteiger partial charge in [-0.2, -0.15) is 0 Å². The van der Waals surface area contributed by atoms with Crippen LogP contribution in [0.2, 0.25) is 0 Å². The average molecular weight is 228 g/mol. The van der Waals surface area contributed by atoms with Gasteiger partial charge in [0.25, 0.3) is 0 Å². The van der Waals surface area contributed by atoms with E-state index in [-0.39, 0.29) is 5.60 Å². The van der Waals surface area contributed by atoms with Crippen LogP contribution in [0.3, 0.4) is 0 Å². The Labute approximate surface area is 101 Å². The van der Waals surface area contributed by atoms with Crippen LogP contribution in [0.4, 0.5) is 0 Å². The van der Waals surface area contributed by atoms with Crippen LogP contribution in [0.1, 0.15) is 25.8 Å². The van der Waals surface area contributed by atoms with Gasteiger partial charge in [-0.25, -0.2) is 0 Å². The molecule has 2 aromatic carbocycles. The molecule has 1 aliphatic heterocycles. The first-order valence-electron chi connectivity index (χ1n) is 5.99. The second kappa shape index (κ2) is 3.39. The molecule has 2 aromatic rings. The number of hydrogen-bond donors (Lipinski definition) is 1. The van der Waals surface area contributed by atoms with E-state index >= 15 is 0 Å². The summed E-state index contributed by atoms with van der Waals surface area (Å²) in [5.74, 6) is 1.27. The van der Waals surface area contributed by atoms with E-state index in [0.717, 1.165) is 29.4 Å². The average Bonchev–Trinajstić information content (AvgIpc) is 2.27. The molecular formula is C15H16O2. The zero-order chi connectivity index (χ0) is 12.0. The summed E-state index contributed by atoms with van der Waals surface area (Å²) in [6.07, 6.45) is 2.01. The number of fused-ring (bicyclic) bond motifs is 3. The van der Waals surface area contributed by atoms with Gasteiger partial charge in [-0.3, -0.25) is 0 Å². The standard InChI is InChI=1S/C15H16O2/c1-15(2)8-7-12-13-9-11(16)5-3-10(13)4-6-14(12)17-15/h3-6,9,16H,7-8H2,1-2H3.